The van der Waals surface area contributed by atoms with Crippen molar-refractivity contribution in [3.05, 3.63) is 0 Å². The number of hydrogen-bond donors (Lipinski definition) is 0. The summed E-state index contributed by atoms with van der Waals surface area (Å²) in [6, 6.07) is 0. The van der Waals surface area contributed by atoms with Gasteiger partial charge in [0.25, 0.3) is 0 Å². The van der Waals surface area contributed by atoms with Crippen molar-refractivity contribution < 1.29 is 8.78 Å². The smallest absolute Gasteiger partial charge is 0.134 e. The number of rotatable bonds is 3. The molecule has 0 aromatic rings. The van der Waals surface area contributed by atoms with Crippen molar-refractivity contribution in [1.29, 1.82) is 0 Å². The highest BCUT2D eigenvalue weighted by molar-refractivity contribution is 6.12. The number of alkyl halides is 2. The summed E-state index contributed by atoms with van der Waals surface area (Å²) >= 11 is 0. The fourth-order valence-corrected chi connectivity index (χ4v) is 6.86. The molecule has 0 amide bonds. The minimum Gasteiger partial charge on any atom is -0.245 e. The van der Waals surface area contributed by atoms with E-state index in [4.69, 9.17) is 7.85 Å². The van der Waals surface area contributed by atoms with E-state index in [1.807, 2.05) is 0 Å². The fraction of sp³-hybridized carbons (Fsp3) is 1.00. The lowest BCUT2D eigenvalue weighted by Crippen LogP contribution is -2.44. The maximum Gasteiger partial charge on any atom is 0.134 e. The van der Waals surface area contributed by atoms with Crippen LogP contribution in [-0.4, -0.2) is 20.2 Å². The summed E-state index contributed by atoms with van der Waals surface area (Å²) in [5, 5.41) is 0. The Hall–Kier alpha value is -0.0751. The highest BCUT2D eigenvalue weighted by Gasteiger charge is 2.46. The molecule has 2 radical (unpaired) electrons. The zero-order chi connectivity index (χ0) is 17.6. The van der Waals surface area contributed by atoms with Crippen LogP contribution in [-0.2, 0) is 0 Å². The summed E-state index contributed by atoms with van der Waals surface area (Å²) < 4.78 is 28.8. The molecule has 0 aromatic carbocycles. The van der Waals surface area contributed by atoms with Crippen LogP contribution in [0, 0.1) is 41.4 Å². The summed E-state index contributed by atoms with van der Waals surface area (Å²) in [7, 11) is 5.79. The maximum atomic E-state index is 14.6. The first-order chi connectivity index (χ1) is 12.0. The molecule has 0 aliphatic heterocycles. The standard InChI is InChI=1S/C22H35BF2/c1-13-12-19(23)21(24)22(25)20(13)18-10-8-17(9-11-18)16-6-4-15(5-7-16)14-2-3-14/h13-22H,2-12H2,1H3. The molecule has 0 nitrogen and oxygen atoms in total. The van der Waals surface area contributed by atoms with Gasteiger partial charge in [0.1, 0.15) is 12.3 Å². The van der Waals surface area contributed by atoms with Gasteiger partial charge in [0, 0.05) is 0 Å². The van der Waals surface area contributed by atoms with Crippen LogP contribution >= 0.6 is 0 Å². The van der Waals surface area contributed by atoms with E-state index >= 15 is 0 Å². The second-order valence-corrected chi connectivity index (χ2v) is 10.0. The van der Waals surface area contributed by atoms with Gasteiger partial charge in [0.2, 0.25) is 0 Å². The van der Waals surface area contributed by atoms with Gasteiger partial charge in [-0.05, 0) is 111 Å². The van der Waals surface area contributed by atoms with Gasteiger partial charge >= 0.3 is 0 Å². The van der Waals surface area contributed by atoms with Gasteiger partial charge in [-0.15, -0.1) is 0 Å². The van der Waals surface area contributed by atoms with Crippen molar-refractivity contribution in [2.75, 3.05) is 0 Å². The van der Waals surface area contributed by atoms with Crippen molar-refractivity contribution in [2.45, 2.75) is 95.7 Å². The molecule has 5 atom stereocenters. The third kappa shape index (κ3) is 3.81. The van der Waals surface area contributed by atoms with Gasteiger partial charge in [-0.25, -0.2) is 8.78 Å². The van der Waals surface area contributed by atoms with Crippen LogP contribution in [0.5, 0.6) is 0 Å². The van der Waals surface area contributed by atoms with Crippen LogP contribution < -0.4 is 0 Å². The Morgan fingerprint density at radius 2 is 0.960 bits per heavy atom. The highest BCUT2D eigenvalue weighted by atomic mass is 19.2. The summed E-state index contributed by atoms with van der Waals surface area (Å²) in [6.45, 7) is 2.09. The Kier molecular flexibility index (Phi) is 5.49. The van der Waals surface area contributed by atoms with E-state index in [2.05, 4.69) is 6.92 Å². The lowest BCUT2D eigenvalue weighted by atomic mass is 9.59. The molecule has 0 heterocycles. The van der Waals surface area contributed by atoms with E-state index in [0.29, 0.717) is 12.3 Å². The summed E-state index contributed by atoms with van der Waals surface area (Å²) in [5.74, 6) is 3.81. The van der Waals surface area contributed by atoms with Gasteiger partial charge in [-0.1, -0.05) is 13.3 Å². The molecule has 4 fully saturated rings. The Labute approximate surface area is 154 Å². The molecule has 0 aromatic heterocycles. The van der Waals surface area contributed by atoms with Gasteiger partial charge in [-0.2, -0.15) is 0 Å². The van der Waals surface area contributed by atoms with Crippen molar-refractivity contribution >= 4 is 7.85 Å². The lowest BCUT2D eigenvalue weighted by molar-refractivity contribution is -0.0139. The zero-order valence-electron chi connectivity index (χ0n) is 15.9. The van der Waals surface area contributed by atoms with Crippen molar-refractivity contribution in [3.63, 3.8) is 0 Å². The van der Waals surface area contributed by atoms with E-state index in [1.165, 1.54) is 51.4 Å². The van der Waals surface area contributed by atoms with Crippen molar-refractivity contribution in [1.82, 2.24) is 0 Å². The molecule has 5 unspecified atom stereocenters. The van der Waals surface area contributed by atoms with Crippen LogP contribution in [0.1, 0.15) is 77.6 Å². The molecule has 4 aliphatic carbocycles. The van der Waals surface area contributed by atoms with Crippen LogP contribution in [0.2, 0.25) is 5.82 Å². The molecule has 0 N–H and O–H groups in total. The van der Waals surface area contributed by atoms with E-state index in [0.717, 1.165) is 36.5 Å². The Bertz CT molecular complexity index is 435. The second kappa shape index (κ2) is 7.51. The largest absolute Gasteiger partial charge is 0.245 e. The SMILES string of the molecule is [B]C1CC(C)C(C2CCC(C3CCC(C4CC4)CC3)CC2)C(F)C1F. The molecule has 140 valence electrons. The van der Waals surface area contributed by atoms with E-state index < -0.39 is 18.2 Å². The third-order valence-electron chi connectivity index (χ3n) is 8.51. The Morgan fingerprint density at radius 1 is 0.600 bits per heavy atom. The quantitative estimate of drug-likeness (QED) is 0.525. The summed E-state index contributed by atoms with van der Waals surface area (Å²) in [4.78, 5) is 0. The first-order valence-corrected chi connectivity index (χ1v) is 11.1. The number of hydrogen-bond acceptors (Lipinski definition) is 0. The van der Waals surface area contributed by atoms with Crippen LogP contribution in [0.15, 0.2) is 0 Å². The molecule has 3 heteroatoms. The Morgan fingerprint density at radius 3 is 1.36 bits per heavy atom. The van der Waals surface area contributed by atoms with Crippen LogP contribution in [0.25, 0.3) is 0 Å². The minimum atomic E-state index is -1.45. The predicted molar refractivity (Wildman–Crippen MR) is 100 cm³/mol. The summed E-state index contributed by atoms with van der Waals surface area (Å²) in [6.07, 6.45) is 11.4. The van der Waals surface area contributed by atoms with Crippen LogP contribution in [0.4, 0.5) is 8.78 Å². The van der Waals surface area contributed by atoms with E-state index in [1.54, 1.807) is 0 Å². The van der Waals surface area contributed by atoms with E-state index in [9.17, 15) is 8.78 Å². The molecular weight excluding hydrogens is 313 g/mol. The average Bonchev–Trinajstić information content (AvgIpc) is 3.46. The third-order valence-corrected chi connectivity index (χ3v) is 8.51. The van der Waals surface area contributed by atoms with Crippen molar-refractivity contribution in [2.24, 2.45) is 41.4 Å². The molecular formula is C22H35BF2. The van der Waals surface area contributed by atoms with Gasteiger partial charge in [-0.3, -0.25) is 0 Å². The normalized spacial score (nSPS) is 52.0. The lowest BCUT2D eigenvalue weighted by Gasteiger charge is -2.45. The first-order valence-electron chi connectivity index (χ1n) is 11.1. The molecule has 0 saturated heterocycles. The molecule has 0 spiro atoms. The van der Waals surface area contributed by atoms with Gasteiger partial charge in [0.05, 0.1) is 7.85 Å². The number of halogens is 2. The molecule has 4 rings (SSSR count). The fourth-order valence-electron chi connectivity index (χ4n) is 6.86. The van der Waals surface area contributed by atoms with Crippen molar-refractivity contribution in [3.8, 4) is 0 Å². The minimum absolute atomic E-state index is 0.0960. The molecule has 4 saturated carbocycles. The molecule has 25 heavy (non-hydrogen) atoms. The maximum absolute atomic E-state index is 14.6. The average molecular weight is 348 g/mol. The highest BCUT2D eigenvalue weighted by Crippen LogP contribution is 2.51. The van der Waals surface area contributed by atoms with E-state index in [-0.39, 0.29) is 11.8 Å². The van der Waals surface area contributed by atoms with Gasteiger partial charge < -0.3 is 0 Å². The zero-order valence-corrected chi connectivity index (χ0v) is 15.9. The summed E-state index contributed by atoms with van der Waals surface area (Å²) in [5.41, 5.74) is 0. The second-order valence-electron chi connectivity index (χ2n) is 10.0. The first kappa shape index (κ1) is 18.3. The predicted octanol–water partition coefficient (Wildman–Crippen LogP) is 6.30. The van der Waals surface area contributed by atoms with Gasteiger partial charge in [0.15, 0.2) is 0 Å². The monoisotopic (exact) mass is 348 g/mol. The molecule has 4 aliphatic rings. The van der Waals surface area contributed by atoms with Crippen LogP contribution in [0.3, 0.4) is 0 Å². The topological polar surface area (TPSA) is 0 Å². The Balaban J connectivity index is 1.28. The molecule has 0 bridgehead atoms.